The van der Waals surface area contributed by atoms with E-state index in [-0.39, 0.29) is 11.4 Å². The van der Waals surface area contributed by atoms with Gasteiger partial charge in [-0.05, 0) is 12.1 Å². The quantitative estimate of drug-likeness (QED) is 0.864. The minimum absolute atomic E-state index is 0.101. The molecule has 0 aliphatic carbocycles. The Hall–Kier alpha value is -2.06. The molecule has 0 amide bonds. The molecule has 0 atom stereocenters. The number of nitrogens with one attached hydrogen (secondary N) is 2. The van der Waals surface area contributed by atoms with Crippen LogP contribution in [0.3, 0.4) is 0 Å². The average Bonchev–Trinajstić information content (AvgIpc) is 2.98. The number of sulfonamides is 1. The van der Waals surface area contributed by atoms with Gasteiger partial charge in [-0.1, -0.05) is 0 Å². The lowest BCUT2D eigenvalue weighted by Gasteiger charge is -2.18. The predicted octanol–water partition coefficient (Wildman–Crippen LogP) is 0.659. The van der Waals surface area contributed by atoms with Crippen molar-refractivity contribution in [2.24, 2.45) is 0 Å². The van der Waals surface area contributed by atoms with Gasteiger partial charge in [0.15, 0.2) is 11.5 Å². The molecule has 106 valence electrons. The van der Waals surface area contributed by atoms with Crippen molar-refractivity contribution < 1.29 is 17.9 Å². The van der Waals surface area contributed by atoms with E-state index in [1.165, 1.54) is 12.1 Å². The molecule has 3 rings (SSSR count). The smallest absolute Gasteiger partial charge is 0.241 e. The van der Waals surface area contributed by atoms with Gasteiger partial charge < -0.3 is 14.5 Å². The van der Waals surface area contributed by atoms with E-state index in [0.29, 0.717) is 30.5 Å². The summed E-state index contributed by atoms with van der Waals surface area (Å²) in [5.41, 5.74) is 0. The van der Waals surface area contributed by atoms with Crippen molar-refractivity contribution in [2.45, 2.75) is 11.4 Å². The third kappa shape index (κ3) is 2.61. The Bertz CT molecular complexity index is 697. The van der Waals surface area contributed by atoms with Gasteiger partial charge in [-0.3, -0.25) is 0 Å². The van der Waals surface area contributed by atoms with Crippen LogP contribution in [0, 0.1) is 0 Å². The van der Waals surface area contributed by atoms with Crippen LogP contribution in [0.25, 0.3) is 0 Å². The van der Waals surface area contributed by atoms with Gasteiger partial charge in [-0.15, -0.1) is 0 Å². The summed E-state index contributed by atoms with van der Waals surface area (Å²) >= 11 is 0. The first-order chi connectivity index (χ1) is 9.65. The van der Waals surface area contributed by atoms with Crippen LogP contribution in [-0.2, 0) is 16.6 Å². The van der Waals surface area contributed by atoms with E-state index in [1.807, 2.05) is 0 Å². The van der Waals surface area contributed by atoms with Gasteiger partial charge in [0.2, 0.25) is 10.0 Å². The first-order valence-corrected chi connectivity index (χ1v) is 7.51. The lowest BCUT2D eigenvalue weighted by molar-refractivity contribution is 0.171. The molecule has 8 heteroatoms. The number of benzene rings is 1. The second kappa shape index (κ2) is 5.14. The fourth-order valence-electron chi connectivity index (χ4n) is 1.83. The normalized spacial score (nSPS) is 14.2. The molecule has 20 heavy (non-hydrogen) atoms. The Morgan fingerprint density at radius 3 is 2.80 bits per heavy atom. The highest BCUT2D eigenvalue weighted by molar-refractivity contribution is 7.89. The van der Waals surface area contributed by atoms with Gasteiger partial charge in [0.05, 0.1) is 11.4 Å². The molecule has 1 aliphatic rings. The number of imidazole rings is 1. The highest BCUT2D eigenvalue weighted by Gasteiger charge is 2.19. The fourth-order valence-corrected chi connectivity index (χ4v) is 2.83. The van der Waals surface area contributed by atoms with Gasteiger partial charge in [0.1, 0.15) is 19.0 Å². The van der Waals surface area contributed by atoms with Crippen molar-refractivity contribution in [3.8, 4) is 11.5 Å². The highest BCUT2D eigenvalue weighted by atomic mass is 32.2. The standard InChI is InChI=1S/C12H13N3O4S/c16-20(17,15-8-12-13-3-4-14-12)9-1-2-10-11(7-9)19-6-5-18-10/h1-4,7,15H,5-6,8H2,(H,13,14). The van der Waals surface area contributed by atoms with Crippen LogP contribution < -0.4 is 14.2 Å². The van der Waals surface area contributed by atoms with E-state index in [1.54, 1.807) is 18.5 Å². The minimum Gasteiger partial charge on any atom is -0.486 e. The number of H-pyrrole nitrogens is 1. The highest BCUT2D eigenvalue weighted by Crippen LogP contribution is 2.32. The lowest BCUT2D eigenvalue weighted by atomic mass is 10.3. The Balaban J connectivity index is 1.80. The topological polar surface area (TPSA) is 93.3 Å². The van der Waals surface area contributed by atoms with Crippen molar-refractivity contribution in [3.63, 3.8) is 0 Å². The molecule has 2 N–H and O–H groups in total. The Morgan fingerprint density at radius 1 is 1.25 bits per heavy atom. The molecular formula is C12H13N3O4S. The maximum atomic E-state index is 12.2. The van der Waals surface area contributed by atoms with Gasteiger partial charge in [-0.25, -0.2) is 18.1 Å². The average molecular weight is 295 g/mol. The van der Waals surface area contributed by atoms with E-state index in [4.69, 9.17) is 9.47 Å². The predicted molar refractivity (Wildman–Crippen MR) is 70.0 cm³/mol. The third-order valence-corrected chi connectivity index (χ3v) is 4.21. The fraction of sp³-hybridized carbons (Fsp3) is 0.250. The van der Waals surface area contributed by atoms with E-state index in [2.05, 4.69) is 14.7 Å². The van der Waals surface area contributed by atoms with E-state index in [0.717, 1.165) is 0 Å². The second-order valence-electron chi connectivity index (χ2n) is 4.17. The molecular weight excluding hydrogens is 282 g/mol. The third-order valence-electron chi connectivity index (χ3n) is 2.81. The van der Waals surface area contributed by atoms with E-state index < -0.39 is 10.0 Å². The van der Waals surface area contributed by atoms with Gasteiger partial charge >= 0.3 is 0 Å². The zero-order valence-electron chi connectivity index (χ0n) is 10.5. The van der Waals surface area contributed by atoms with Gasteiger partial charge in [-0.2, -0.15) is 0 Å². The van der Waals surface area contributed by atoms with Crippen LogP contribution in [0.15, 0.2) is 35.5 Å². The zero-order valence-corrected chi connectivity index (χ0v) is 11.3. The molecule has 0 radical (unpaired) electrons. The summed E-state index contributed by atoms with van der Waals surface area (Å²) in [4.78, 5) is 6.92. The van der Waals surface area contributed by atoms with Crippen LogP contribution in [0.5, 0.6) is 11.5 Å². The van der Waals surface area contributed by atoms with Crippen LogP contribution in [0.4, 0.5) is 0 Å². The molecule has 2 heterocycles. The lowest BCUT2D eigenvalue weighted by Crippen LogP contribution is -2.24. The largest absolute Gasteiger partial charge is 0.486 e. The SMILES string of the molecule is O=S(=O)(NCc1ncc[nH]1)c1ccc2c(c1)OCCO2. The molecule has 0 unspecified atom stereocenters. The van der Waals surface area contributed by atoms with Crippen molar-refractivity contribution in [2.75, 3.05) is 13.2 Å². The molecule has 7 nitrogen and oxygen atoms in total. The summed E-state index contributed by atoms with van der Waals surface area (Å²) < 4.78 is 37.5. The summed E-state index contributed by atoms with van der Waals surface area (Å²) in [5.74, 6) is 1.55. The van der Waals surface area contributed by atoms with Crippen molar-refractivity contribution in [1.29, 1.82) is 0 Å². The van der Waals surface area contributed by atoms with Crippen LogP contribution >= 0.6 is 0 Å². The Kier molecular flexibility index (Phi) is 3.33. The molecule has 1 aromatic heterocycles. The van der Waals surface area contributed by atoms with Crippen LogP contribution in [0.1, 0.15) is 5.82 Å². The number of hydrogen-bond donors (Lipinski definition) is 2. The summed E-state index contributed by atoms with van der Waals surface area (Å²) in [5, 5.41) is 0. The van der Waals surface area contributed by atoms with Crippen molar-refractivity contribution >= 4 is 10.0 Å². The van der Waals surface area contributed by atoms with E-state index in [9.17, 15) is 8.42 Å². The Morgan fingerprint density at radius 2 is 2.05 bits per heavy atom. The zero-order chi connectivity index (χ0) is 14.0. The number of ether oxygens (including phenoxy) is 2. The number of rotatable bonds is 4. The molecule has 1 aliphatic heterocycles. The number of hydrogen-bond acceptors (Lipinski definition) is 5. The molecule has 0 saturated heterocycles. The summed E-state index contributed by atoms with van der Waals surface area (Å²) in [6.07, 6.45) is 3.20. The van der Waals surface area contributed by atoms with Crippen LogP contribution in [0.2, 0.25) is 0 Å². The maximum absolute atomic E-state index is 12.2. The molecule has 2 aromatic rings. The monoisotopic (exact) mass is 295 g/mol. The van der Waals surface area contributed by atoms with Crippen molar-refractivity contribution in [1.82, 2.24) is 14.7 Å². The van der Waals surface area contributed by atoms with Crippen LogP contribution in [-0.4, -0.2) is 31.6 Å². The molecule has 0 fully saturated rings. The number of fused-ring (bicyclic) bond motifs is 1. The summed E-state index contributed by atoms with van der Waals surface area (Å²) in [6.45, 7) is 0.982. The maximum Gasteiger partial charge on any atom is 0.241 e. The van der Waals surface area contributed by atoms with Gasteiger partial charge in [0, 0.05) is 18.5 Å². The number of aromatic amines is 1. The molecule has 0 bridgehead atoms. The Labute approximate surface area is 116 Å². The molecule has 1 aromatic carbocycles. The van der Waals surface area contributed by atoms with Crippen molar-refractivity contribution in [3.05, 3.63) is 36.4 Å². The van der Waals surface area contributed by atoms with E-state index >= 15 is 0 Å². The first kappa shape index (κ1) is 12.9. The molecule has 0 saturated carbocycles. The summed E-state index contributed by atoms with van der Waals surface area (Å²) in [6, 6.07) is 4.53. The van der Waals surface area contributed by atoms with Gasteiger partial charge in [0.25, 0.3) is 0 Å². The number of nitrogens with zero attached hydrogens (tertiary/aromatic N) is 1. The minimum atomic E-state index is -3.62. The first-order valence-electron chi connectivity index (χ1n) is 6.03. The summed E-state index contributed by atoms with van der Waals surface area (Å²) in [7, 11) is -3.62. The number of aromatic nitrogens is 2. The second-order valence-corrected chi connectivity index (χ2v) is 5.93. The molecule has 0 spiro atoms.